The number of aromatic nitrogens is 1. The van der Waals surface area contributed by atoms with Crippen LogP contribution in [0.1, 0.15) is 20.8 Å². The highest BCUT2D eigenvalue weighted by atomic mass is 32.1. The highest BCUT2D eigenvalue weighted by Crippen LogP contribution is 2.36. The van der Waals surface area contributed by atoms with E-state index in [0.717, 1.165) is 34.6 Å². The van der Waals surface area contributed by atoms with Crippen molar-refractivity contribution < 1.29 is 9.53 Å². The van der Waals surface area contributed by atoms with Crippen LogP contribution in [0.15, 0.2) is 66.7 Å². The van der Waals surface area contributed by atoms with Crippen LogP contribution in [-0.4, -0.2) is 37.1 Å². The van der Waals surface area contributed by atoms with Gasteiger partial charge in [-0.3, -0.25) is 4.79 Å². The smallest absolute Gasteiger partial charge is 0.205 e. The molecule has 5 nitrogen and oxygen atoms in total. The van der Waals surface area contributed by atoms with Crippen molar-refractivity contribution in [2.24, 2.45) is 0 Å². The van der Waals surface area contributed by atoms with Gasteiger partial charge < -0.3 is 9.64 Å². The molecule has 1 fully saturated rings. The molecule has 31 heavy (non-hydrogen) atoms. The van der Waals surface area contributed by atoms with Gasteiger partial charge in [-0.25, -0.2) is 4.98 Å². The summed E-state index contributed by atoms with van der Waals surface area (Å²) in [5.74, 6) is -0.0341. The minimum absolute atomic E-state index is 0.0341. The van der Waals surface area contributed by atoms with Gasteiger partial charge in [0.2, 0.25) is 5.78 Å². The van der Waals surface area contributed by atoms with Crippen LogP contribution in [0.25, 0.3) is 22.0 Å². The molecule has 1 aromatic heterocycles. The summed E-state index contributed by atoms with van der Waals surface area (Å²) in [6.07, 6.45) is 0. The fraction of sp³-hybridized carbons (Fsp3) is 0.160. The Balaban J connectivity index is 1.64. The number of thiazole rings is 1. The highest BCUT2D eigenvalue weighted by molar-refractivity contribution is 7.18. The standard InChI is InChI=1S/C25H19N3O2S/c26-16-17-8-10-19(11-9-17)22-24(31-25(27-22)28-12-14-30-15-13-28)23(29)21-7-3-5-18-4-1-2-6-20(18)21/h1-11H,12-15H2. The molecule has 1 saturated heterocycles. The van der Waals surface area contributed by atoms with Crippen LogP contribution in [0.4, 0.5) is 5.13 Å². The molecule has 0 N–H and O–H groups in total. The number of anilines is 1. The molecule has 3 aromatic carbocycles. The average Bonchev–Trinajstić information content (AvgIpc) is 3.29. The van der Waals surface area contributed by atoms with Crippen molar-refractivity contribution in [3.05, 3.63) is 82.7 Å². The molecule has 6 heteroatoms. The van der Waals surface area contributed by atoms with E-state index in [2.05, 4.69) is 11.0 Å². The Hall–Kier alpha value is -3.53. The zero-order valence-corrected chi connectivity index (χ0v) is 17.6. The minimum atomic E-state index is -0.0341. The van der Waals surface area contributed by atoms with Gasteiger partial charge in [0, 0.05) is 24.2 Å². The number of nitrogens with zero attached hydrogens (tertiary/aromatic N) is 3. The van der Waals surface area contributed by atoms with Crippen molar-refractivity contribution >= 4 is 33.0 Å². The number of nitriles is 1. The zero-order chi connectivity index (χ0) is 21.2. The summed E-state index contributed by atoms with van der Waals surface area (Å²) in [7, 11) is 0. The number of carbonyl (C=O) groups excluding carboxylic acids is 1. The lowest BCUT2D eigenvalue weighted by molar-refractivity contribution is 0.104. The van der Waals surface area contributed by atoms with Crippen LogP contribution in [0, 0.1) is 11.3 Å². The second kappa shape index (κ2) is 8.31. The summed E-state index contributed by atoms with van der Waals surface area (Å²) in [4.78, 5) is 21.4. The molecule has 2 heterocycles. The first-order valence-electron chi connectivity index (χ1n) is 10.1. The SMILES string of the molecule is N#Cc1ccc(-c2nc(N3CCOCC3)sc2C(=O)c2cccc3ccccc23)cc1. The first-order valence-corrected chi connectivity index (χ1v) is 10.9. The molecule has 5 rings (SSSR count). The topological polar surface area (TPSA) is 66.2 Å². The van der Waals surface area contributed by atoms with Crippen molar-refractivity contribution in [3.63, 3.8) is 0 Å². The van der Waals surface area contributed by atoms with Crippen LogP contribution >= 0.6 is 11.3 Å². The molecular formula is C25H19N3O2S. The number of fused-ring (bicyclic) bond motifs is 1. The number of carbonyl (C=O) groups is 1. The Morgan fingerprint density at radius 3 is 2.52 bits per heavy atom. The molecular weight excluding hydrogens is 406 g/mol. The Kier molecular flexibility index (Phi) is 5.21. The first kappa shape index (κ1) is 19.4. The van der Waals surface area contributed by atoms with E-state index in [9.17, 15) is 4.79 Å². The van der Waals surface area contributed by atoms with E-state index >= 15 is 0 Å². The average molecular weight is 426 g/mol. The van der Waals surface area contributed by atoms with E-state index in [1.807, 2.05) is 54.6 Å². The maximum Gasteiger partial charge on any atom is 0.205 e. The fourth-order valence-electron chi connectivity index (χ4n) is 3.80. The van der Waals surface area contributed by atoms with E-state index in [1.54, 1.807) is 12.1 Å². The number of hydrogen-bond donors (Lipinski definition) is 0. The molecule has 0 unspecified atom stereocenters. The molecule has 0 spiro atoms. The van der Waals surface area contributed by atoms with Gasteiger partial charge in [0.05, 0.1) is 30.5 Å². The molecule has 4 aromatic rings. The summed E-state index contributed by atoms with van der Waals surface area (Å²) in [5.41, 5.74) is 2.74. The van der Waals surface area contributed by atoms with E-state index in [0.29, 0.717) is 34.9 Å². The second-order valence-corrected chi connectivity index (χ2v) is 8.30. The molecule has 1 aliphatic heterocycles. The van der Waals surface area contributed by atoms with Gasteiger partial charge >= 0.3 is 0 Å². The predicted molar refractivity (Wildman–Crippen MR) is 123 cm³/mol. The largest absolute Gasteiger partial charge is 0.378 e. The fourth-order valence-corrected chi connectivity index (χ4v) is 4.89. The normalized spacial score (nSPS) is 13.8. The summed E-state index contributed by atoms with van der Waals surface area (Å²) < 4.78 is 5.47. The number of ketones is 1. The number of morpholine rings is 1. The van der Waals surface area contributed by atoms with Gasteiger partial charge in [0.25, 0.3) is 0 Å². The number of hydrogen-bond acceptors (Lipinski definition) is 6. The van der Waals surface area contributed by atoms with Gasteiger partial charge in [0.1, 0.15) is 4.88 Å². The molecule has 0 aliphatic carbocycles. The second-order valence-electron chi connectivity index (χ2n) is 7.32. The van der Waals surface area contributed by atoms with Crippen molar-refractivity contribution in [3.8, 4) is 17.3 Å². The van der Waals surface area contributed by atoms with Crippen LogP contribution in [-0.2, 0) is 4.74 Å². The lowest BCUT2D eigenvalue weighted by Crippen LogP contribution is -2.36. The lowest BCUT2D eigenvalue weighted by Gasteiger charge is -2.26. The van der Waals surface area contributed by atoms with Gasteiger partial charge in [-0.1, -0.05) is 65.9 Å². The maximum atomic E-state index is 13.7. The predicted octanol–water partition coefficient (Wildman–Crippen LogP) is 4.90. The third kappa shape index (κ3) is 3.70. The maximum absolute atomic E-state index is 13.7. The third-order valence-electron chi connectivity index (χ3n) is 5.43. The molecule has 0 amide bonds. The molecule has 0 atom stereocenters. The summed E-state index contributed by atoms with van der Waals surface area (Å²) in [6, 6.07) is 23.1. The van der Waals surface area contributed by atoms with Crippen molar-refractivity contribution in [1.29, 1.82) is 5.26 Å². The van der Waals surface area contributed by atoms with E-state index in [4.69, 9.17) is 15.0 Å². The molecule has 0 saturated carbocycles. The molecule has 152 valence electrons. The van der Waals surface area contributed by atoms with Crippen LogP contribution in [0.3, 0.4) is 0 Å². The molecule has 0 radical (unpaired) electrons. The zero-order valence-electron chi connectivity index (χ0n) is 16.7. The molecule has 1 aliphatic rings. The monoisotopic (exact) mass is 425 g/mol. The highest BCUT2D eigenvalue weighted by Gasteiger charge is 2.25. The van der Waals surface area contributed by atoms with Crippen LogP contribution < -0.4 is 4.90 Å². The summed E-state index contributed by atoms with van der Waals surface area (Å²) >= 11 is 1.43. The van der Waals surface area contributed by atoms with Gasteiger partial charge in [-0.15, -0.1) is 0 Å². The first-order chi connectivity index (χ1) is 15.2. The Labute approximate surface area is 184 Å². The Morgan fingerprint density at radius 1 is 1.00 bits per heavy atom. The number of ether oxygens (including phenoxy) is 1. The summed E-state index contributed by atoms with van der Waals surface area (Å²) in [6.45, 7) is 2.81. The third-order valence-corrected chi connectivity index (χ3v) is 6.54. The molecule has 0 bridgehead atoms. The van der Waals surface area contributed by atoms with E-state index < -0.39 is 0 Å². The van der Waals surface area contributed by atoms with Crippen molar-refractivity contribution in [1.82, 2.24) is 4.98 Å². The lowest BCUT2D eigenvalue weighted by atomic mass is 9.99. The summed E-state index contributed by atoms with van der Waals surface area (Å²) in [5, 5.41) is 11.9. The minimum Gasteiger partial charge on any atom is -0.378 e. The van der Waals surface area contributed by atoms with Crippen molar-refractivity contribution in [2.45, 2.75) is 0 Å². The van der Waals surface area contributed by atoms with Crippen molar-refractivity contribution in [2.75, 3.05) is 31.2 Å². The number of benzene rings is 3. The Morgan fingerprint density at radius 2 is 1.74 bits per heavy atom. The van der Waals surface area contributed by atoms with Crippen LogP contribution in [0.5, 0.6) is 0 Å². The van der Waals surface area contributed by atoms with Gasteiger partial charge in [-0.2, -0.15) is 5.26 Å². The number of rotatable bonds is 4. The van der Waals surface area contributed by atoms with E-state index in [-0.39, 0.29) is 5.78 Å². The van der Waals surface area contributed by atoms with Gasteiger partial charge in [-0.05, 0) is 22.9 Å². The van der Waals surface area contributed by atoms with Gasteiger partial charge in [0.15, 0.2) is 5.13 Å². The Bertz CT molecular complexity index is 1290. The van der Waals surface area contributed by atoms with Crippen LogP contribution in [0.2, 0.25) is 0 Å². The quantitative estimate of drug-likeness (QED) is 0.435. The van der Waals surface area contributed by atoms with E-state index in [1.165, 1.54) is 11.3 Å².